The van der Waals surface area contributed by atoms with Gasteiger partial charge >= 0.3 is 0 Å². The van der Waals surface area contributed by atoms with Crippen LogP contribution in [-0.2, 0) is 29.4 Å². The van der Waals surface area contributed by atoms with Gasteiger partial charge in [0, 0.05) is 6.04 Å². The molecule has 2 aliphatic carbocycles. The van der Waals surface area contributed by atoms with Crippen LogP contribution in [0.5, 0.6) is 0 Å². The highest BCUT2D eigenvalue weighted by Gasteiger charge is 2.41. The third-order valence-electron chi connectivity index (χ3n) is 6.58. The van der Waals surface area contributed by atoms with Gasteiger partial charge in [0.05, 0.1) is 26.0 Å². The lowest BCUT2D eigenvalue weighted by atomic mass is 10.3. The maximum atomic E-state index is 13.0. The van der Waals surface area contributed by atoms with Crippen molar-refractivity contribution in [3.05, 3.63) is 83.4 Å². The molecule has 2 aromatic rings. The van der Waals surface area contributed by atoms with E-state index in [0.29, 0.717) is 12.8 Å². The van der Waals surface area contributed by atoms with E-state index >= 15 is 0 Å². The minimum atomic E-state index is -4.08. The predicted molar refractivity (Wildman–Crippen MR) is 196 cm³/mol. The summed E-state index contributed by atoms with van der Waals surface area (Å²) in [6.45, 7) is 16.5. The highest BCUT2D eigenvalue weighted by atomic mass is 35.5. The first-order valence-electron chi connectivity index (χ1n) is 14.9. The Balaban J connectivity index is 0.000000679. The highest BCUT2D eigenvalue weighted by Crippen LogP contribution is 2.35. The van der Waals surface area contributed by atoms with E-state index in [4.69, 9.17) is 58.0 Å². The Morgan fingerprint density at radius 1 is 0.816 bits per heavy atom. The van der Waals surface area contributed by atoms with Gasteiger partial charge in [0.25, 0.3) is 15.9 Å². The molecule has 0 unspecified atom stereocenters. The maximum absolute atomic E-state index is 13.0. The molecule has 0 saturated heterocycles. The van der Waals surface area contributed by atoms with Crippen molar-refractivity contribution >= 4 is 89.0 Å². The summed E-state index contributed by atoms with van der Waals surface area (Å²) in [5, 5.41) is -0.594. The summed E-state index contributed by atoms with van der Waals surface area (Å²) in [4.78, 5) is 23.3. The number of carbonyl (C=O) groups is 2. The second-order valence-electron chi connectivity index (χ2n) is 10.2. The lowest BCUT2D eigenvalue weighted by Gasteiger charge is -2.21. The van der Waals surface area contributed by atoms with E-state index in [1.807, 2.05) is 0 Å². The highest BCUT2D eigenvalue weighted by molar-refractivity contribution is 7.91. The normalized spacial score (nSPS) is 13.4. The number of benzene rings is 2. The Labute approximate surface area is 313 Å². The zero-order valence-electron chi connectivity index (χ0n) is 27.4. The van der Waals surface area contributed by atoms with Gasteiger partial charge in [-0.15, -0.1) is 23.2 Å². The van der Waals surface area contributed by atoms with Crippen LogP contribution in [0.4, 0.5) is 8.78 Å². The predicted octanol–water partition coefficient (Wildman–Crippen LogP) is 8.72. The van der Waals surface area contributed by atoms with E-state index in [1.165, 1.54) is 25.7 Å². The van der Waals surface area contributed by atoms with E-state index in [9.17, 15) is 35.2 Å². The maximum Gasteiger partial charge on any atom is 0.268 e. The fourth-order valence-electron chi connectivity index (χ4n) is 3.77. The third-order valence-corrected chi connectivity index (χ3v) is 11.4. The zero-order valence-corrected chi connectivity index (χ0v) is 32.8. The number of sulfone groups is 1. The molecule has 0 radical (unpaired) electrons. The van der Waals surface area contributed by atoms with Crippen molar-refractivity contribution in [2.45, 2.75) is 62.3 Å². The number of carbonyl (C=O) groups excluding carboxylic acids is 2. The smallest absolute Gasteiger partial charge is 0.268 e. The van der Waals surface area contributed by atoms with Gasteiger partial charge < -0.3 is 4.90 Å². The third kappa shape index (κ3) is 17.8. The van der Waals surface area contributed by atoms with E-state index in [0.717, 1.165) is 59.6 Å². The molecule has 0 spiro atoms. The van der Waals surface area contributed by atoms with E-state index < -0.39 is 42.6 Å². The number of hydrogen-bond acceptors (Lipinski definition) is 7. The first-order chi connectivity index (χ1) is 22.9. The first-order valence-corrected chi connectivity index (χ1v) is 20.2. The number of amides is 1. The molecule has 2 aliphatic rings. The molecule has 17 heteroatoms. The van der Waals surface area contributed by atoms with E-state index in [1.54, 1.807) is 0 Å². The number of rotatable bonds is 11. The molecule has 276 valence electrons. The van der Waals surface area contributed by atoms with Gasteiger partial charge in [0.2, 0.25) is 5.24 Å². The second-order valence-corrected chi connectivity index (χ2v) is 16.0. The standard InChI is InChI=1S/C12H11ClFNO3S.C10H10ClFO2S.C6H15N.C3H3ClO.CH2Cl2/c1-2-12(16)15(9-4-5-9)19(17,18)11-6-3-8(14)7-10(11)13;11-9-5-8(12)3-4-10(9)15(13,14)6-7-1-2-7;1-4-7(5-2)6-3;1-2-3(4)5;2-1-3/h2-3,6-7,9H,1,4-5H2;3-5,7H,1-2,6H2;4-6H2,1-3H3;2H,1H2;1H2. The van der Waals surface area contributed by atoms with Crippen LogP contribution < -0.4 is 0 Å². The lowest BCUT2D eigenvalue weighted by Crippen LogP contribution is -2.37. The fourth-order valence-corrected chi connectivity index (χ4v) is 8.18. The molecule has 2 fully saturated rings. The molecule has 4 rings (SSSR count). The summed E-state index contributed by atoms with van der Waals surface area (Å²) in [7, 11) is -7.43. The average Bonchev–Trinajstić information content (AvgIpc) is 3.97. The molecule has 49 heavy (non-hydrogen) atoms. The van der Waals surface area contributed by atoms with Crippen LogP contribution in [0.25, 0.3) is 0 Å². The summed E-state index contributed by atoms with van der Waals surface area (Å²) in [6, 6.07) is 5.96. The van der Waals surface area contributed by atoms with Crippen molar-refractivity contribution in [2.24, 2.45) is 5.92 Å². The van der Waals surface area contributed by atoms with Crippen LogP contribution in [0.15, 0.2) is 71.5 Å². The van der Waals surface area contributed by atoms with Crippen LogP contribution >= 0.6 is 58.0 Å². The van der Waals surface area contributed by atoms with E-state index in [-0.39, 0.29) is 42.9 Å². The largest absolute Gasteiger partial charge is 0.304 e. The number of hydrogen-bond donors (Lipinski definition) is 0. The van der Waals surface area contributed by atoms with E-state index in [2.05, 4.69) is 38.8 Å². The van der Waals surface area contributed by atoms with Gasteiger partial charge in [-0.3, -0.25) is 9.59 Å². The topological polar surface area (TPSA) is 109 Å². The van der Waals surface area contributed by atoms with Gasteiger partial charge in [-0.1, -0.05) is 57.1 Å². The van der Waals surface area contributed by atoms with Gasteiger partial charge in [0.15, 0.2) is 9.84 Å². The summed E-state index contributed by atoms with van der Waals surface area (Å²) in [5.41, 5.74) is 0. The Morgan fingerprint density at radius 3 is 1.51 bits per heavy atom. The minimum Gasteiger partial charge on any atom is -0.304 e. The minimum absolute atomic E-state index is 0.0318. The van der Waals surface area contributed by atoms with Crippen molar-refractivity contribution in [1.82, 2.24) is 9.21 Å². The van der Waals surface area contributed by atoms with Gasteiger partial charge in [0.1, 0.15) is 16.5 Å². The summed E-state index contributed by atoms with van der Waals surface area (Å²) >= 11 is 25.7. The number of halogens is 7. The number of nitrogens with zero attached hydrogens (tertiary/aromatic N) is 2. The Hall–Kier alpha value is -1.77. The lowest BCUT2D eigenvalue weighted by molar-refractivity contribution is -0.121. The summed E-state index contributed by atoms with van der Waals surface area (Å²) in [5.74, 6) is -1.49. The summed E-state index contributed by atoms with van der Waals surface area (Å²) < 4.78 is 74.9. The Morgan fingerprint density at radius 2 is 1.22 bits per heavy atom. The summed E-state index contributed by atoms with van der Waals surface area (Å²) in [6.07, 6.45) is 5.11. The Kier molecular flexibility index (Phi) is 22.8. The second kappa shape index (κ2) is 23.7. The molecule has 2 saturated carbocycles. The molecule has 2 aromatic carbocycles. The molecular formula is C32H41Cl5F2N2O6S2. The monoisotopic (exact) mass is 826 g/mol. The average molecular weight is 829 g/mol. The molecule has 1 amide bonds. The fraction of sp³-hybridized carbons (Fsp3) is 0.438. The number of alkyl halides is 2. The molecule has 0 heterocycles. The molecule has 0 aliphatic heterocycles. The molecular weight excluding hydrogens is 788 g/mol. The first kappa shape index (κ1) is 47.2. The van der Waals surface area contributed by atoms with Crippen LogP contribution in [-0.4, -0.2) is 74.0 Å². The molecule has 0 atom stereocenters. The van der Waals surface area contributed by atoms with Crippen molar-refractivity contribution in [3.8, 4) is 0 Å². The van der Waals surface area contributed by atoms with Crippen LogP contribution in [0.1, 0.15) is 46.5 Å². The van der Waals surface area contributed by atoms with Crippen molar-refractivity contribution < 1.29 is 35.2 Å². The van der Waals surface area contributed by atoms with Crippen molar-refractivity contribution in [3.63, 3.8) is 0 Å². The van der Waals surface area contributed by atoms with Gasteiger partial charge in [-0.2, -0.15) is 0 Å². The zero-order chi connectivity index (χ0) is 37.9. The number of sulfonamides is 1. The molecule has 8 nitrogen and oxygen atoms in total. The van der Waals surface area contributed by atoms with Crippen LogP contribution in [0.3, 0.4) is 0 Å². The molecule has 0 aromatic heterocycles. The van der Waals surface area contributed by atoms with Crippen molar-refractivity contribution in [1.29, 1.82) is 0 Å². The van der Waals surface area contributed by atoms with Crippen LogP contribution in [0.2, 0.25) is 10.0 Å². The molecule has 0 bridgehead atoms. The van der Waals surface area contributed by atoms with Gasteiger partial charge in [-0.25, -0.2) is 29.9 Å². The Bertz CT molecular complexity index is 1600. The quantitative estimate of drug-likeness (QED) is 0.0966. The SMILES string of the molecule is C=CC(=O)Cl.C=CC(=O)N(C1CC1)S(=O)(=O)c1ccc(F)cc1Cl.CCN(CC)CC.ClCCl.O=S(=O)(CC1CC1)c1ccc(F)cc1Cl. The number of allylic oxidation sites excluding steroid dienone is 1. The molecule has 0 N–H and O–H groups in total. The van der Waals surface area contributed by atoms with Crippen LogP contribution in [0, 0.1) is 17.6 Å². The van der Waals surface area contributed by atoms with Crippen molar-refractivity contribution in [2.75, 3.05) is 30.7 Å². The van der Waals surface area contributed by atoms with Gasteiger partial charge in [-0.05, 0) is 111 Å².